The molecule has 0 radical (unpaired) electrons. The smallest absolute Gasteiger partial charge is 0.235 e. The average Bonchev–Trinajstić information content (AvgIpc) is 3.31. The van der Waals surface area contributed by atoms with Crippen LogP contribution in [-0.4, -0.2) is 30.6 Å². The number of benzene rings is 1. The summed E-state index contributed by atoms with van der Waals surface area (Å²) in [7, 11) is 0. The van der Waals surface area contributed by atoms with Crippen molar-refractivity contribution in [3.05, 3.63) is 35.4 Å². The van der Waals surface area contributed by atoms with Gasteiger partial charge in [-0.1, -0.05) is 24.3 Å². The first-order chi connectivity index (χ1) is 9.76. The second-order valence-electron chi connectivity index (χ2n) is 6.68. The molecule has 4 fully saturated rings. The summed E-state index contributed by atoms with van der Waals surface area (Å²) in [6.45, 7) is 3.75. The predicted octanol–water partition coefficient (Wildman–Crippen LogP) is 2.75. The molecule has 0 N–H and O–H groups in total. The van der Waals surface area contributed by atoms with Gasteiger partial charge >= 0.3 is 0 Å². The highest BCUT2D eigenvalue weighted by molar-refractivity contribution is 5.42. The maximum Gasteiger partial charge on any atom is 0.235 e. The van der Waals surface area contributed by atoms with Crippen molar-refractivity contribution in [1.29, 1.82) is 0 Å². The van der Waals surface area contributed by atoms with E-state index in [1.54, 1.807) is 6.08 Å². The van der Waals surface area contributed by atoms with E-state index < -0.39 is 0 Å². The highest BCUT2D eigenvalue weighted by Gasteiger charge is 2.45. The molecule has 1 aromatic rings. The summed E-state index contributed by atoms with van der Waals surface area (Å²) in [5.74, 6) is 0. The summed E-state index contributed by atoms with van der Waals surface area (Å²) < 4.78 is 0. The monoisotopic (exact) mass is 268 g/mol. The molecular formula is C17H20N2O. The number of piperidine rings is 3. The zero-order valence-corrected chi connectivity index (χ0v) is 11.8. The minimum absolute atomic E-state index is 0.228. The minimum atomic E-state index is -0.228. The lowest BCUT2D eigenvalue weighted by Gasteiger charge is -2.49. The Hall–Kier alpha value is -1.44. The molecule has 3 nitrogen and oxygen atoms in total. The fourth-order valence-corrected chi connectivity index (χ4v) is 4.06. The van der Waals surface area contributed by atoms with Crippen LogP contribution in [-0.2, 0) is 15.7 Å². The number of rotatable bonds is 3. The van der Waals surface area contributed by atoms with E-state index in [1.807, 2.05) is 0 Å². The molecule has 0 aromatic heterocycles. The highest BCUT2D eigenvalue weighted by Crippen LogP contribution is 2.50. The molecule has 0 atom stereocenters. The summed E-state index contributed by atoms with van der Waals surface area (Å²) in [6.07, 6.45) is 7.60. The Balaban J connectivity index is 1.63. The van der Waals surface area contributed by atoms with Crippen molar-refractivity contribution < 1.29 is 4.79 Å². The van der Waals surface area contributed by atoms with Gasteiger partial charge in [0.05, 0.1) is 5.54 Å². The van der Waals surface area contributed by atoms with E-state index in [-0.39, 0.29) is 5.54 Å². The molecular weight excluding hydrogens is 248 g/mol. The first kappa shape index (κ1) is 12.3. The molecule has 3 aliphatic heterocycles. The molecule has 20 heavy (non-hydrogen) atoms. The van der Waals surface area contributed by atoms with Gasteiger partial charge in [-0.2, -0.15) is 4.99 Å². The second kappa shape index (κ2) is 4.28. The van der Waals surface area contributed by atoms with Crippen molar-refractivity contribution in [2.45, 2.75) is 43.1 Å². The van der Waals surface area contributed by atoms with Crippen LogP contribution in [0.3, 0.4) is 0 Å². The maximum absolute atomic E-state index is 10.6. The van der Waals surface area contributed by atoms with Gasteiger partial charge in [-0.15, -0.1) is 0 Å². The molecule has 0 amide bonds. The summed E-state index contributed by atoms with van der Waals surface area (Å²) in [5, 5.41) is 0. The SMILES string of the molecule is O=C=NC1(c2ccc(C34CCN(CC3)CC4)cc2)CC1. The Morgan fingerprint density at radius 1 is 0.900 bits per heavy atom. The Kier molecular flexibility index (Phi) is 2.63. The quantitative estimate of drug-likeness (QED) is 0.624. The van der Waals surface area contributed by atoms with Gasteiger partial charge in [0.25, 0.3) is 0 Å². The van der Waals surface area contributed by atoms with E-state index in [9.17, 15) is 4.79 Å². The van der Waals surface area contributed by atoms with Gasteiger partial charge in [0.1, 0.15) is 0 Å². The van der Waals surface area contributed by atoms with E-state index in [0.29, 0.717) is 5.41 Å². The Bertz CT molecular complexity index is 545. The van der Waals surface area contributed by atoms with Gasteiger partial charge in [0, 0.05) is 0 Å². The van der Waals surface area contributed by atoms with Crippen LogP contribution >= 0.6 is 0 Å². The number of carbonyl (C=O) groups excluding carboxylic acids is 1. The lowest BCUT2D eigenvalue weighted by molar-refractivity contribution is 0.0817. The van der Waals surface area contributed by atoms with Gasteiger partial charge in [-0.25, -0.2) is 4.79 Å². The number of fused-ring (bicyclic) bond motifs is 3. The number of aliphatic imine (C=N–C) groups is 1. The first-order valence-corrected chi connectivity index (χ1v) is 7.69. The molecule has 0 spiro atoms. The van der Waals surface area contributed by atoms with Crippen LogP contribution in [0.15, 0.2) is 29.3 Å². The van der Waals surface area contributed by atoms with Gasteiger partial charge in [-0.05, 0) is 68.3 Å². The van der Waals surface area contributed by atoms with Crippen LogP contribution < -0.4 is 0 Å². The van der Waals surface area contributed by atoms with Gasteiger partial charge in [0.15, 0.2) is 0 Å². The lowest BCUT2D eigenvalue weighted by atomic mass is 9.67. The molecule has 1 saturated carbocycles. The van der Waals surface area contributed by atoms with Crippen LogP contribution in [0, 0.1) is 0 Å². The molecule has 4 aliphatic rings. The molecule has 2 bridgehead atoms. The van der Waals surface area contributed by atoms with E-state index in [2.05, 4.69) is 34.2 Å². The van der Waals surface area contributed by atoms with Crippen LogP contribution in [0.4, 0.5) is 0 Å². The van der Waals surface area contributed by atoms with E-state index in [4.69, 9.17) is 0 Å². The maximum atomic E-state index is 10.6. The number of nitrogens with zero attached hydrogens (tertiary/aromatic N) is 2. The summed E-state index contributed by atoms with van der Waals surface area (Å²) >= 11 is 0. The van der Waals surface area contributed by atoms with E-state index in [0.717, 1.165) is 12.8 Å². The molecule has 3 heterocycles. The van der Waals surface area contributed by atoms with E-state index >= 15 is 0 Å². The summed E-state index contributed by atoms with van der Waals surface area (Å²) in [5.41, 5.74) is 2.87. The predicted molar refractivity (Wildman–Crippen MR) is 77.4 cm³/mol. The number of isocyanates is 1. The molecule has 1 aromatic carbocycles. The van der Waals surface area contributed by atoms with Crippen LogP contribution in [0.25, 0.3) is 0 Å². The number of hydrogen-bond donors (Lipinski definition) is 0. The Morgan fingerprint density at radius 3 is 1.95 bits per heavy atom. The molecule has 0 unspecified atom stereocenters. The van der Waals surface area contributed by atoms with Crippen LogP contribution in [0.5, 0.6) is 0 Å². The number of hydrogen-bond acceptors (Lipinski definition) is 3. The summed E-state index contributed by atoms with van der Waals surface area (Å²) in [6, 6.07) is 8.96. The lowest BCUT2D eigenvalue weighted by Crippen LogP contribution is -2.50. The molecule has 5 rings (SSSR count). The van der Waals surface area contributed by atoms with Crippen molar-refractivity contribution in [1.82, 2.24) is 4.90 Å². The highest BCUT2D eigenvalue weighted by atomic mass is 16.1. The topological polar surface area (TPSA) is 32.7 Å². The zero-order chi connectivity index (χ0) is 13.6. The van der Waals surface area contributed by atoms with Crippen molar-refractivity contribution >= 4 is 6.08 Å². The molecule has 1 aliphatic carbocycles. The third kappa shape index (κ3) is 1.77. The van der Waals surface area contributed by atoms with E-state index in [1.165, 1.54) is 50.0 Å². The third-order valence-corrected chi connectivity index (χ3v) is 5.74. The Labute approximate surface area is 119 Å². The standard InChI is InChI=1S/C17H20N2O/c20-13-18-17(5-6-17)15-3-1-14(2-4-15)16-7-10-19(11-8-16)12-9-16/h1-4H,5-12H2. The van der Waals surface area contributed by atoms with Crippen LogP contribution in [0.1, 0.15) is 43.2 Å². The normalized spacial score (nSPS) is 33.5. The fraction of sp³-hybridized carbons (Fsp3) is 0.588. The van der Waals surface area contributed by atoms with Crippen molar-refractivity contribution in [3.8, 4) is 0 Å². The second-order valence-corrected chi connectivity index (χ2v) is 6.68. The zero-order valence-electron chi connectivity index (χ0n) is 11.8. The molecule has 104 valence electrons. The average molecular weight is 268 g/mol. The van der Waals surface area contributed by atoms with Crippen molar-refractivity contribution in [2.24, 2.45) is 4.99 Å². The summed E-state index contributed by atoms with van der Waals surface area (Å²) in [4.78, 5) is 17.1. The Morgan fingerprint density at radius 2 is 1.45 bits per heavy atom. The first-order valence-electron chi connectivity index (χ1n) is 7.69. The largest absolute Gasteiger partial charge is 0.303 e. The minimum Gasteiger partial charge on any atom is -0.303 e. The van der Waals surface area contributed by atoms with Crippen molar-refractivity contribution in [3.63, 3.8) is 0 Å². The van der Waals surface area contributed by atoms with Crippen LogP contribution in [0.2, 0.25) is 0 Å². The van der Waals surface area contributed by atoms with Gasteiger partial charge in [0.2, 0.25) is 6.08 Å². The fourth-order valence-electron chi connectivity index (χ4n) is 4.06. The van der Waals surface area contributed by atoms with Gasteiger partial charge in [-0.3, -0.25) is 0 Å². The van der Waals surface area contributed by atoms with Gasteiger partial charge < -0.3 is 4.90 Å². The van der Waals surface area contributed by atoms with Crippen molar-refractivity contribution in [2.75, 3.05) is 19.6 Å². The molecule has 3 heteroatoms. The third-order valence-electron chi connectivity index (χ3n) is 5.74. The molecule has 3 saturated heterocycles.